The van der Waals surface area contributed by atoms with Gasteiger partial charge in [-0.15, -0.1) is 0 Å². The van der Waals surface area contributed by atoms with Crippen LogP contribution in [0.2, 0.25) is 0 Å². The molecule has 0 aromatic rings. The van der Waals surface area contributed by atoms with E-state index in [0.717, 1.165) is 4.90 Å². The Bertz CT molecular complexity index is 319. The molecule has 0 spiro atoms. The summed E-state index contributed by atoms with van der Waals surface area (Å²) in [5.41, 5.74) is 0.415. The zero-order valence-electron chi connectivity index (χ0n) is 8.07. The number of imide groups is 1. The van der Waals surface area contributed by atoms with Crippen LogP contribution in [0.15, 0.2) is 11.6 Å². The normalized spacial score (nSPS) is 15.9. The fourth-order valence-electron chi connectivity index (χ4n) is 1.13. The van der Waals surface area contributed by atoms with Crippen LogP contribution in [0.5, 0.6) is 0 Å². The molecule has 1 aliphatic rings. The van der Waals surface area contributed by atoms with Gasteiger partial charge >= 0.3 is 5.97 Å². The van der Waals surface area contributed by atoms with Crippen LogP contribution in [0, 0.1) is 0 Å². The first-order chi connectivity index (χ1) is 6.52. The first-order valence-corrected chi connectivity index (χ1v) is 4.20. The van der Waals surface area contributed by atoms with E-state index in [-0.39, 0.29) is 25.0 Å². The predicted molar refractivity (Wildman–Crippen MR) is 47.1 cm³/mol. The second kappa shape index (κ2) is 4.04. The minimum absolute atomic E-state index is 0.0495. The SMILES string of the molecule is CC(=O)OCCN1C(=O)C=C(C)C1=O. The Hall–Kier alpha value is -1.65. The third kappa shape index (κ3) is 2.18. The molecular weight excluding hydrogens is 186 g/mol. The lowest BCUT2D eigenvalue weighted by atomic mass is 10.3. The van der Waals surface area contributed by atoms with E-state index < -0.39 is 5.97 Å². The van der Waals surface area contributed by atoms with Crippen LogP contribution >= 0.6 is 0 Å². The molecule has 5 nitrogen and oxygen atoms in total. The van der Waals surface area contributed by atoms with Gasteiger partial charge in [0.1, 0.15) is 6.61 Å². The summed E-state index contributed by atoms with van der Waals surface area (Å²) in [4.78, 5) is 33.9. The van der Waals surface area contributed by atoms with Crippen LogP contribution in [0.3, 0.4) is 0 Å². The Kier molecular flexibility index (Phi) is 3.01. The molecule has 14 heavy (non-hydrogen) atoms. The number of ether oxygens (including phenoxy) is 1. The van der Waals surface area contributed by atoms with Gasteiger partial charge in [-0.05, 0) is 6.92 Å². The van der Waals surface area contributed by atoms with Crippen molar-refractivity contribution in [1.29, 1.82) is 0 Å². The van der Waals surface area contributed by atoms with Gasteiger partial charge in [0.05, 0.1) is 6.54 Å². The second-order valence-corrected chi connectivity index (χ2v) is 2.96. The minimum Gasteiger partial charge on any atom is -0.464 e. The largest absolute Gasteiger partial charge is 0.464 e. The van der Waals surface area contributed by atoms with Gasteiger partial charge in [-0.3, -0.25) is 19.3 Å². The maximum atomic E-state index is 11.3. The van der Waals surface area contributed by atoms with E-state index in [4.69, 9.17) is 0 Å². The molecule has 0 fully saturated rings. The Balaban J connectivity index is 2.44. The molecule has 0 aromatic heterocycles. The molecule has 0 atom stereocenters. The summed E-state index contributed by atoms with van der Waals surface area (Å²) in [7, 11) is 0. The number of nitrogens with zero attached hydrogens (tertiary/aromatic N) is 1. The third-order valence-electron chi connectivity index (χ3n) is 1.81. The first-order valence-electron chi connectivity index (χ1n) is 4.20. The molecule has 0 unspecified atom stereocenters. The topological polar surface area (TPSA) is 63.7 Å². The standard InChI is InChI=1S/C9H11NO4/c1-6-5-8(12)10(9(6)13)3-4-14-7(2)11/h5H,3-4H2,1-2H3. The van der Waals surface area contributed by atoms with Crippen molar-refractivity contribution in [1.82, 2.24) is 4.90 Å². The molecule has 1 rings (SSSR count). The molecule has 0 aromatic carbocycles. The Morgan fingerprint density at radius 2 is 2.14 bits per heavy atom. The quantitative estimate of drug-likeness (QED) is 0.467. The Labute approximate surface area is 81.3 Å². The number of amides is 2. The highest BCUT2D eigenvalue weighted by Crippen LogP contribution is 2.10. The first kappa shape index (κ1) is 10.4. The molecule has 0 radical (unpaired) electrons. The summed E-state index contributed by atoms with van der Waals surface area (Å²) >= 11 is 0. The lowest BCUT2D eigenvalue weighted by Gasteiger charge is -2.13. The molecule has 0 saturated heterocycles. The molecule has 0 bridgehead atoms. The van der Waals surface area contributed by atoms with Crippen molar-refractivity contribution in [2.24, 2.45) is 0 Å². The van der Waals surface area contributed by atoms with Crippen molar-refractivity contribution in [2.75, 3.05) is 13.2 Å². The Morgan fingerprint density at radius 3 is 2.57 bits per heavy atom. The molecule has 0 aliphatic carbocycles. The highest BCUT2D eigenvalue weighted by atomic mass is 16.5. The van der Waals surface area contributed by atoms with E-state index in [9.17, 15) is 14.4 Å². The average molecular weight is 197 g/mol. The van der Waals surface area contributed by atoms with Crippen LogP contribution < -0.4 is 0 Å². The van der Waals surface area contributed by atoms with Gasteiger partial charge in [-0.2, -0.15) is 0 Å². The number of hydrogen-bond acceptors (Lipinski definition) is 4. The predicted octanol–water partition coefficient (Wildman–Crippen LogP) is -0.135. The van der Waals surface area contributed by atoms with Gasteiger partial charge in [-0.1, -0.05) is 0 Å². The number of rotatable bonds is 3. The summed E-state index contributed by atoms with van der Waals surface area (Å²) in [6.07, 6.45) is 1.27. The molecule has 5 heteroatoms. The molecule has 1 aliphatic heterocycles. The monoisotopic (exact) mass is 197 g/mol. The van der Waals surface area contributed by atoms with Crippen molar-refractivity contribution < 1.29 is 19.1 Å². The number of carbonyl (C=O) groups is 3. The molecule has 1 heterocycles. The van der Waals surface area contributed by atoms with Gasteiger partial charge in [0.15, 0.2) is 0 Å². The van der Waals surface area contributed by atoms with Gasteiger partial charge in [0.25, 0.3) is 11.8 Å². The number of esters is 1. The summed E-state index contributed by atoms with van der Waals surface area (Å²) < 4.78 is 4.63. The summed E-state index contributed by atoms with van der Waals surface area (Å²) in [6, 6.07) is 0. The van der Waals surface area contributed by atoms with Crippen LogP contribution in [-0.4, -0.2) is 35.8 Å². The van der Waals surface area contributed by atoms with E-state index in [1.165, 1.54) is 13.0 Å². The molecule has 0 N–H and O–H groups in total. The van der Waals surface area contributed by atoms with Crippen LogP contribution in [-0.2, 0) is 19.1 Å². The number of hydrogen-bond donors (Lipinski definition) is 0. The van der Waals surface area contributed by atoms with Gasteiger partial charge < -0.3 is 4.74 Å². The highest BCUT2D eigenvalue weighted by Gasteiger charge is 2.27. The smallest absolute Gasteiger partial charge is 0.302 e. The third-order valence-corrected chi connectivity index (χ3v) is 1.81. The highest BCUT2D eigenvalue weighted by molar-refractivity contribution is 6.15. The fraction of sp³-hybridized carbons (Fsp3) is 0.444. The fourth-order valence-corrected chi connectivity index (χ4v) is 1.13. The van der Waals surface area contributed by atoms with Gasteiger partial charge in [0, 0.05) is 18.6 Å². The maximum Gasteiger partial charge on any atom is 0.302 e. The molecular formula is C9H11NO4. The van der Waals surface area contributed by atoms with Crippen LogP contribution in [0.1, 0.15) is 13.8 Å². The van der Waals surface area contributed by atoms with Crippen molar-refractivity contribution in [3.05, 3.63) is 11.6 Å². The van der Waals surface area contributed by atoms with Crippen LogP contribution in [0.4, 0.5) is 0 Å². The molecule has 2 amide bonds. The number of carbonyl (C=O) groups excluding carboxylic acids is 3. The van der Waals surface area contributed by atoms with E-state index in [1.807, 2.05) is 0 Å². The van der Waals surface area contributed by atoms with Crippen molar-refractivity contribution >= 4 is 17.8 Å². The zero-order chi connectivity index (χ0) is 10.7. The molecule has 0 saturated carbocycles. The average Bonchev–Trinajstić information content (AvgIpc) is 2.31. The van der Waals surface area contributed by atoms with E-state index >= 15 is 0 Å². The van der Waals surface area contributed by atoms with Crippen molar-refractivity contribution in [3.8, 4) is 0 Å². The van der Waals surface area contributed by atoms with Crippen molar-refractivity contribution in [2.45, 2.75) is 13.8 Å². The Morgan fingerprint density at radius 1 is 1.50 bits per heavy atom. The van der Waals surface area contributed by atoms with Gasteiger partial charge in [0.2, 0.25) is 0 Å². The lowest BCUT2D eigenvalue weighted by molar-refractivity contribution is -0.145. The van der Waals surface area contributed by atoms with Crippen LogP contribution in [0.25, 0.3) is 0 Å². The lowest BCUT2D eigenvalue weighted by Crippen LogP contribution is -2.34. The summed E-state index contributed by atoms with van der Waals surface area (Å²) in [6.45, 7) is 3.02. The van der Waals surface area contributed by atoms with Crippen molar-refractivity contribution in [3.63, 3.8) is 0 Å². The second-order valence-electron chi connectivity index (χ2n) is 2.96. The zero-order valence-corrected chi connectivity index (χ0v) is 8.07. The van der Waals surface area contributed by atoms with E-state index in [0.29, 0.717) is 5.57 Å². The van der Waals surface area contributed by atoms with E-state index in [2.05, 4.69) is 4.74 Å². The summed E-state index contributed by atoms with van der Waals surface area (Å²) in [5, 5.41) is 0. The summed E-state index contributed by atoms with van der Waals surface area (Å²) in [5.74, 6) is -1.09. The minimum atomic E-state index is -0.422. The molecule has 76 valence electrons. The van der Waals surface area contributed by atoms with E-state index in [1.54, 1.807) is 6.92 Å². The van der Waals surface area contributed by atoms with Gasteiger partial charge in [-0.25, -0.2) is 0 Å². The maximum absolute atomic E-state index is 11.3.